The van der Waals surface area contributed by atoms with Crippen LogP contribution in [0.5, 0.6) is 5.75 Å². The van der Waals surface area contributed by atoms with Gasteiger partial charge < -0.3 is 10.5 Å². The zero-order chi connectivity index (χ0) is 15.3. The fourth-order valence-electron chi connectivity index (χ4n) is 1.88. The van der Waals surface area contributed by atoms with E-state index in [1.54, 1.807) is 19.1 Å². The summed E-state index contributed by atoms with van der Waals surface area (Å²) in [5.41, 5.74) is 6.90. The standard InChI is InChI=1S/C15H18N2O3S/c1-12-9-13(16)11-15(10-12)21(18,19)17-7-8-20-14-5-3-2-4-6-14/h2-6,9-11,17H,7-8,16H2,1H3. The first-order chi connectivity index (χ1) is 9.97. The topological polar surface area (TPSA) is 81.4 Å². The van der Waals surface area contributed by atoms with E-state index in [-0.39, 0.29) is 18.0 Å². The Bertz CT molecular complexity index is 680. The van der Waals surface area contributed by atoms with Crippen LogP contribution in [-0.2, 0) is 10.0 Å². The number of aryl methyl sites for hydroxylation is 1. The number of nitrogens with two attached hydrogens (primary N) is 1. The van der Waals surface area contributed by atoms with Gasteiger partial charge in [0.2, 0.25) is 10.0 Å². The summed E-state index contributed by atoms with van der Waals surface area (Å²) in [4.78, 5) is 0.166. The van der Waals surface area contributed by atoms with Gasteiger partial charge in [0.05, 0.1) is 4.90 Å². The minimum Gasteiger partial charge on any atom is -0.492 e. The van der Waals surface area contributed by atoms with Gasteiger partial charge in [0, 0.05) is 12.2 Å². The third-order valence-electron chi connectivity index (χ3n) is 2.79. The molecule has 21 heavy (non-hydrogen) atoms. The lowest BCUT2D eigenvalue weighted by atomic mass is 10.2. The highest BCUT2D eigenvalue weighted by molar-refractivity contribution is 7.89. The van der Waals surface area contributed by atoms with Gasteiger partial charge >= 0.3 is 0 Å². The maximum absolute atomic E-state index is 12.1. The normalized spacial score (nSPS) is 11.3. The molecule has 0 unspecified atom stereocenters. The molecule has 2 aromatic carbocycles. The van der Waals surface area contributed by atoms with Crippen molar-refractivity contribution >= 4 is 15.7 Å². The molecule has 6 heteroatoms. The smallest absolute Gasteiger partial charge is 0.240 e. The Morgan fingerprint density at radius 3 is 2.52 bits per heavy atom. The lowest BCUT2D eigenvalue weighted by molar-refractivity contribution is 0.323. The molecule has 5 nitrogen and oxygen atoms in total. The zero-order valence-corrected chi connectivity index (χ0v) is 12.6. The van der Waals surface area contributed by atoms with Gasteiger partial charge in [-0.3, -0.25) is 0 Å². The average Bonchev–Trinajstić information content (AvgIpc) is 2.44. The number of ether oxygens (including phenoxy) is 1. The summed E-state index contributed by atoms with van der Waals surface area (Å²) in [6.45, 7) is 2.24. The van der Waals surface area contributed by atoms with Crippen LogP contribution < -0.4 is 15.2 Å². The van der Waals surface area contributed by atoms with Gasteiger partial charge in [-0.2, -0.15) is 0 Å². The highest BCUT2D eigenvalue weighted by Gasteiger charge is 2.14. The molecule has 0 saturated carbocycles. The number of nitrogen functional groups attached to an aromatic ring is 1. The summed E-state index contributed by atoms with van der Waals surface area (Å²) in [5, 5.41) is 0. The molecule has 0 aliphatic rings. The molecular weight excluding hydrogens is 288 g/mol. The van der Waals surface area contributed by atoms with Gasteiger partial charge in [0.15, 0.2) is 0 Å². The van der Waals surface area contributed by atoms with Gasteiger partial charge in [-0.1, -0.05) is 18.2 Å². The second-order valence-electron chi connectivity index (χ2n) is 4.64. The summed E-state index contributed by atoms with van der Waals surface area (Å²) in [6, 6.07) is 14.0. The molecule has 2 rings (SSSR count). The van der Waals surface area contributed by atoms with Crippen LogP contribution in [0, 0.1) is 6.92 Å². The van der Waals surface area contributed by atoms with Gasteiger partial charge in [-0.25, -0.2) is 13.1 Å². The molecule has 0 fully saturated rings. The molecule has 2 aromatic rings. The quantitative estimate of drug-likeness (QED) is 0.631. The molecule has 0 amide bonds. The molecule has 0 aliphatic carbocycles. The molecule has 0 aliphatic heterocycles. The van der Waals surface area contributed by atoms with Crippen molar-refractivity contribution in [2.75, 3.05) is 18.9 Å². The Morgan fingerprint density at radius 2 is 1.86 bits per heavy atom. The van der Waals surface area contributed by atoms with Crippen LogP contribution in [0.2, 0.25) is 0 Å². The van der Waals surface area contributed by atoms with E-state index in [1.165, 1.54) is 6.07 Å². The van der Waals surface area contributed by atoms with Crippen molar-refractivity contribution in [3.63, 3.8) is 0 Å². The van der Waals surface area contributed by atoms with E-state index in [4.69, 9.17) is 10.5 Å². The molecule has 0 heterocycles. The fraction of sp³-hybridized carbons (Fsp3) is 0.200. The minimum atomic E-state index is -3.57. The molecule has 0 spiro atoms. The molecule has 0 radical (unpaired) electrons. The number of rotatable bonds is 6. The largest absolute Gasteiger partial charge is 0.492 e. The van der Waals surface area contributed by atoms with Crippen LogP contribution >= 0.6 is 0 Å². The molecule has 0 bridgehead atoms. The summed E-state index contributed by atoms with van der Waals surface area (Å²) >= 11 is 0. The molecule has 0 atom stereocenters. The highest BCUT2D eigenvalue weighted by atomic mass is 32.2. The summed E-state index contributed by atoms with van der Waals surface area (Å²) in [6.07, 6.45) is 0. The third-order valence-corrected chi connectivity index (χ3v) is 4.23. The van der Waals surface area contributed by atoms with Gasteiger partial charge in [-0.05, 0) is 42.8 Å². The van der Waals surface area contributed by atoms with Crippen molar-refractivity contribution in [3.8, 4) is 5.75 Å². The monoisotopic (exact) mass is 306 g/mol. The average molecular weight is 306 g/mol. The van der Waals surface area contributed by atoms with Crippen LogP contribution in [-0.4, -0.2) is 21.6 Å². The predicted octanol–water partition coefficient (Wildman–Crippen LogP) is 1.93. The van der Waals surface area contributed by atoms with Crippen LogP contribution in [0.15, 0.2) is 53.4 Å². The molecular formula is C15H18N2O3S. The number of anilines is 1. The SMILES string of the molecule is Cc1cc(N)cc(S(=O)(=O)NCCOc2ccccc2)c1. The Kier molecular flexibility index (Phi) is 4.82. The van der Waals surface area contributed by atoms with Gasteiger partial charge in [0.1, 0.15) is 12.4 Å². The van der Waals surface area contributed by atoms with Gasteiger partial charge in [-0.15, -0.1) is 0 Å². The number of sulfonamides is 1. The number of nitrogens with one attached hydrogen (secondary N) is 1. The molecule has 0 saturated heterocycles. The third kappa shape index (κ3) is 4.47. The van der Waals surface area contributed by atoms with Crippen molar-refractivity contribution in [2.24, 2.45) is 0 Å². The zero-order valence-electron chi connectivity index (χ0n) is 11.7. The van der Waals surface area contributed by atoms with E-state index >= 15 is 0 Å². The second kappa shape index (κ2) is 6.60. The Labute approximate surface area is 124 Å². The van der Waals surface area contributed by atoms with Crippen LogP contribution in [0.1, 0.15) is 5.56 Å². The van der Waals surface area contributed by atoms with E-state index in [2.05, 4.69) is 4.72 Å². The fourth-order valence-corrected chi connectivity index (χ4v) is 3.03. The van der Waals surface area contributed by atoms with Crippen molar-refractivity contribution in [1.82, 2.24) is 4.72 Å². The summed E-state index contributed by atoms with van der Waals surface area (Å²) in [7, 11) is -3.57. The Hall–Kier alpha value is -2.05. The number of hydrogen-bond acceptors (Lipinski definition) is 4. The molecule has 112 valence electrons. The number of para-hydroxylation sites is 1. The van der Waals surface area contributed by atoms with E-state index in [9.17, 15) is 8.42 Å². The van der Waals surface area contributed by atoms with Gasteiger partial charge in [0.25, 0.3) is 0 Å². The maximum atomic E-state index is 12.1. The first-order valence-corrected chi connectivity index (χ1v) is 8.00. The van der Waals surface area contributed by atoms with Crippen molar-refractivity contribution in [2.45, 2.75) is 11.8 Å². The van der Waals surface area contributed by atoms with E-state index < -0.39 is 10.0 Å². The minimum absolute atomic E-state index is 0.166. The van der Waals surface area contributed by atoms with Crippen molar-refractivity contribution in [1.29, 1.82) is 0 Å². The summed E-state index contributed by atoms with van der Waals surface area (Å²) < 4.78 is 32.2. The predicted molar refractivity (Wildman–Crippen MR) is 82.7 cm³/mol. The molecule has 3 N–H and O–H groups in total. The first-order valence-electron chi connectivity index (χ1n) is 6.52. The van der Waals surface area contributed by atoms with Crippen molar-refractivity contribution in [3.05, 3.63) is 54.1 Å². The van der Waals surface area contributed by atoms with E-state index in [0.29, 0.717) is 11.4 Å². The second-order valence-corrected chi connectivity index (χ2v) is 6.41. The van der Waals surface area contributed by atoms with Crippen molar-refractivity contribution < 1.29 is 13.2 Å². The van der Waals surface area contributed by atoms with E-state index in [1.807, 2.05) is 30.3 Å². The Morgan fingerprint density at radius 1 is 1.14 bits per heavy atom. The maximum Gasteiger partial charge on any atom is 0.240 e. The number of benzene rings is 2. The number of hydrogen-bond donors (Lipinski definition) is 2. The van der Waals surface area contributed by atoms with Crippen LogP contribution in [0.25, 0.3) is 0 Å². The first kappa shape index (κ1) is 15.3. The van der Waals surface area contributed by atoms with E-state index in [0.717, 1.165) is 5.56 Å². The lowest BCUT2D eigenvalue weighted by Gasteiger charge is -2.09. The van der Waals surface area contributed by atoms with Crippen LogP contribution in [0.4, 0.5) is 5.69 Å². The Balaban J connectivity index is 1.92. The highest BCUT2D eigenvalue weighted by Crippen LogP contribution is 2.16. The lowest BCUT2D eigenvalue weighted by Crippen LogP contribution is -2.28. The molecule has 0 aromatic heterocycles. The van der Waals surface area contributed by atoms with Crippen LogP contribution in [0.3, 0.4) is 0 Å². The summed E-state index contributed by atoms with van der Waals surface area (Å²) in [5.74, 6) is 0.705.